The minimum atomic E-state index is -0.157. The quantitative estimate of drug-likeness (QED) is 0.647. The van der Waals surface area contributed by atoms with Gasteiger partial charge in [0.2, 0.25) is 11.8 Å². The lowest BCUT2D eigenvalue weighted by molar-refractivity contribution is 0.0641. The highest BCUT2D eigenvalue weighted by Gasteiger charge is 2.45. The maximum atomic E-state index is 13.1. The number of piperidine rings is 1. The molecule has 4 rings (SSSR count). The predicted molar refractivity (Wildman–Crippen MR) is 107 cm³/mol. The number of likely N-dealkylation sites (tertiary alicyclic amines) is 1. The Labute approximate surface area is 175 Å². The van der Waals surface area contributed by atoms with Crippen molar-refractivity contribution < 1.29 is 23.5 Å². The third-order valence-corrected chi connectivity index (χ3v) is 6.06. The van der Waals surface area contributed by atoms with Crippen molar-refractivity contribution in [2.75, 3.05) is 34.4 Å². The van der Waals surface area contributed by atoms with E-state index in [-0.39, 0.29) is 17.2 Å². The third-order valence-electron chi connectivity index (χ3n) is 6.06. The zero-order valence-corrected chi connectivity index (χ0v) is 17.7. The highest BCUT2D eigenvalue weighted by molar-refractivity contribution is 5.96. The van der Waals surface area contributed by atoms with Crippen LogP contribution in [0.25, 0.3) is 0 Å². The minimum Gasteiger partial charge on any atom is -0.481 e. The monoisotopic (exact) mass is 416 g/mol. The van der Waals surface area contributed by atoms with Crippen LogP contribution in [0.2, 0.25) is 0 Å². The molecule has 1 amide bonds. The van der Waals surface area contributed by atoms with Gasteiger partial charge in [0.05, 0.1) is 14.2 Å². The summed E-state index contributed by atoms with van der Waals surface area (Å²) in [5.41, 5.74) is 0.283. The summed E-state index contributed by atoms with van der Waals surface area (Å²) >= 11 is 0. The highest BCUT2D eigenvalue weighted by atomic mass is 16.5. The molecule has 30 heavy (non-hydrogen) atoms. The molecule has 1 aliphatic heterocycles. The Hall–Kier alpha value is -2.68. The summed E-state index contributed by atoms with van der Waals surface area (Å²) in [6, 6.07) is 3.38. The molecular formula is C21H28N4O5. The summed E-state index contributed by atoms with van der Waals surface area (Å²) in [6.07, 6.45) is 5.14. The van der Waals surface area contributed by atoms with E-state index in [9.17, 15) is 4.79 Å². The first-order chi connectivity index (χ1) is 14.6. The van der Waals surface area contributed by atoms with Crippen LogP contribution in [0.4, 0.5) is 0 Å². The molecule has 0 unspecified atom stereocenters. The number of pyridine rings is 1. The van der Waals surface area contributed by atoms with Crippen LogP contribution in [0.15, 0.2) is 16.7 Å². The standard InChI is InChI=1S/C21H28N4O5/c1-27-13-17-23-20(24-30-17)21(12-14-4-5-14)8-10-25(11-9-21)19(26)15-6-7-16(28-2)22-18(15)29-3/h6-7,14H,4-5,8-13H2,1-3H3. The van der Waals surface area contributed by atoms with Gasteiger partial charge in [0.1, 0.15) is 12.2 Å². The summed E-state index contributed by atoms with van der Waals surface area (Å²) in [5.74, 6) is 2.55. The summed E-state index contributed by atoms with van der Waals surface area (Å²) in [5, 5.41) is 4.27. The molecule has 0 spiro atoms. The van der Waals surface area contributed by atoms with Crippen LogP contribution < -0.4 is 9.47 Å². The van der Waals surface area contributed by atoms with E-state index in [1.54, 1.807) is 19.2 Å². The Morgan fingerprint density at radius 3 is 2.57 bits per heavy atom. The van der Waals surface area contributed by atoms with Crippen molar-refractivity contribution in [2.45, 2.75) is 44.1 Å². The van der Waals surface area contributed by atoms with Crippen molar-refractivity contribution in [1.82, 2.24) is 20.0 Å². The molecule has 2 fully saturated rings. The van der Waals surface area contributed by atoms with Gasteiger partial charge in [0.15, 0.2) is 5.82 Å². The molecule has 0 atom stereocenters. The fourth-order valence-corrected chi connectivity index (χ4v) is 4.21. The van der Waals surface area contributed by atoms with Crippen LogP contribution in [-0.4, -0.2) is 60.4 Å². The van der Waals surface area contributed by atoms with Crippen LogP contribution in [0.1, 0.15) is 54.2 Å². The van der Waals surface area contributed by atoms with Crippen LogP contribution in [0.3, 0.4) is 0 Å². The van der Waals surface area contributed by atoms with E-state index in [2.05, 4.69) is 15.1 Å². The van der Waals surface area contributed by atoms with Gasteiger partial charge in [-0.2, -0.15) is 9.97 Å². The number of methoxy groups -OCH3 is 3. The average molecular weight is 416 g/mol. The third kappa shape index (κ3) is 4.12. The normalized spacial score (nSPS) is 18.3. The van der Waals surface area contributed by atoms with Gasteiger partial charge in [0.25, 0.3) is 11.8 Å². The zero-order chi connectivity index (χ0) is 21.1. The number of hydrogen-bond donors (Lipinski definition) is 0. The van der Waals surface area contributed by atoms with Crippen LogP contribution in [0, 0.1) is 5.92 Å². The fraction of sp³-hybridized carbons (Fsp3) is 0.619. The van der Waals surface area contributed by atoms with E-state index in [0.717, 1.165) is 25.1 Å². The van der Waals surface area contributed by atoms with Crippen molar-refractivity contribution in [1.29, 1.82) is 0 Å². The molecule has 0 aromatic carbocycles. The first kappa shape index (κ1) is 20.6. The minimum absolute atomic E-state index is 0.0878. The zero-order valence-electron chi connectivity index (χ0n) is 17.7. The predicted octanol–water partition coefficient (Wildman–Crippen LogP) is 2.60. The summed E-state index contributed by atoms with van der Waals surface area (Å²) < 4.78 is 20.9. The fourth-order valence-electron chi connectivity index (χ4n) is 4.21. The van der Waals surface area contributed by atoms with Gasteiger partial charge in [-0.3, -0.25) is 4.79 Å². The van der Waals surface area contributed by atoms with Gasteiger partial charge >= 0.3 is 0 Å². The Morgan fingerprint density at radius 1 is 1.17 bits per heavy atom. The van der Waals surface area contributed by atoms with E-state index >= 15 is 0 Å². The molecule has 9 nitrogen and oxygen atoms in total. The topological polar surface area (TPSA) is 99.8 Å². The summed E-state index contributed by atoms with van der Waals surface area (Å²) in [7, 11) is 4.64. The SMILES string of the molecule is COCc1nc(C2(CC3CC3)CCN(C(=O)c3ccc(OC)nc3OC)CC2)no1. The van der Waals surface area contributed by atoms with Crippen LogP contribution in [0.5, 0.6) is 11.8 Å². The Balaban J connectivity index is 1.50. The van der Waals surface area contributed by atoms with E-state index in [4.69, 9.17) is 18.7 Å². The molecule has 2 aromatic heterocycles. The average Bonchev–Trinajstić information content (AvgIpc) is 3.46. The van der Waals surface area contributed by atoms with Gasteiger partial charge in [-0.25, -0.2) is 0 Å². The molecule has 1 saturated carbocycles. The van der Waals surface area contributed by atoms with Crippen molar-refractivity contribution in [2.24, 2.45) is 5.92 Å². The number of rotatable bonds is 8. The molecule has 2 aromatic rings. The van der Waals surface area contributed by atoms with Gasteiger partial charge in [0, 0.05) is 31.7 Å². The molecule has 2 aliphatic rings. The number of amides is 1. The first-order valence-electron chi connectivity index (χ1n) is 10.3. The maximum Gasteiger partial charge on any atom is 0.259 e. The lowest BCUT2D eigenvalue weighted by Gasteiger charge is -2.40. The second-order valence-electron chi connectivity index (χ2n) is 8.08. The van der Waals surface area contributed by atoms with Crippen molar-refractivity contribution >= 4 is 5.91 Å². The summed E-state index contributed by atoms with van der Waals surface area (Å²) in [6.45, 7) is 1.55. The largest absolute Gasteiger partial charge is 0.481 e. The number of aromatic nitrogens is 3. The second-order valence-corrected chi connectivity index (χ2v) is 8.08. The number of carbonyl (C=O) groups excluding carboxylic acids is 1. The second kappa shape index (κ2) is 8.59. The maximum absolute atomic E-state index is 13.1. The van der Waals surface area contributed by atoms with E-state index in [1.165, 1.54) is 27.1 Å². The molecule has 1 saturated heterocycles. The molecular weight excluding hydrogens is 388 g/mol. The Kier molecular flexibility index (Phi) is 5.90. The van der Waals surface area contributed by atoms with Crippen LogP contribution >= 0.6 is 0 Å². The Morgan fingerprint density at radius 2 is 1.93 bits per heavy atom. The van der Waals surface area contributed by atoms with Gasteiger partial charge in [-0.15, -0.1) is 0 Å². The number of ether oxygens (including phenoxy) is 3. The van der Waals surface area contributed by atoms with Gasteiger partial charge in [-0.05, 0) is 31.2 Å². The Bertz CT molecular complexity index is 887. The molecule has 9 heteroatoms. The first-order valence-corrected chi connectivity index (χ1v) is 10.3. The van der Waals surface area contributed by atoms with Crippen molar-refractivity contribution in [3.63, 3.8) is 0 Å². The lowest BCUT2D eigenvalue weighted by atomic mass is 9.73. The number of hydrogen-bond acceptors (Lipinski definition) is 8. The smallest absolute Gasteiger partial charge is 0.259 e. The van der Waals surface area contributed by atoms with Crippen molar-refractivity contribution in [3.05, 3.63) is 29.4 Å². The highest BCUT2D eigenvalue weighted by Crippen LogP contribution is 2.46. The van der Waals surface area contributed by atoms with Gasteiger partial charge in [-0.1, -0.05) is 18.0 Å². The van der Waals surface area contributed by atoms with E-state index in [0.29, 0.717) is 42.9 Å². The summed E-state index contributed by atoms with van der Waals surface area (Å²) in [4.78, 5) is 23.8. The number of nitrogens with zero attached hydrogens (tertiary/aromatic N) is 4. The van der Waals surface area contributed by atoms with Crippen molar-refractivity contribution in [3.8, 4) is 11.8 Å². The molecule has 0 bridgehead atoms. The molecule has 0 N–H and O–H groups in total. The molecule has 0 radical (unpaired) electrons. The molecule has 3 heterocycles. The van der Waals surface area contributed by atoms with Crippen LogP contribution in [-0.2, 0) is 16.8 Å². The molecule has 1 aliphatic carbocycles. The van der Waals surface area contributed by atoms with E-state index < -0.39 is 0 Å². The molecule has 162 valence electrons. The van der Waals surface area contributed by atoms with E-state index in [1.807, 2.05) is 4.90 Å². The number of carbonyl (C=O) groups is 1. The van der Waals surface area contributed by atoms with Gasteiger partial charge < -0.3 is 23.6 Å². The lowest BCUT2D eigenvalue weighted by Crippen LogP contribution is -2.46.